The first-order chi connectivity index (χ1) is 10.2. The van der Waals surface area contributed by atoms with E-state index in [9.17, 15) is 9.90 Å². The molecule has 0 spiro atoms. The number of hydrogen-bond donors (Lipinski definition) is 1. The van der Waals surface area contributed by atoms with Gasteiger partial charge in [-0.1, -0.05) is 6.07 Å². The molecule has 0 saturated heterocycles. The SMILES string of the molecule is Cc1cccc(C(=O)N2Cc3ccnn3CC[C@@H]2CO)n1. The molecule has 1 aliphatic heterocycles. The zero-order valence-corrected chi connectivity index (χ0v) is 11.9. The molecular weight excluding hydrogens is 268 g/mol. The van der Waals surface area contributed by atoms with Gasteiger partial charge in [-0.15, -0.1) is 0 Å². The summed E-state index contributed by atoms with van der Waals surface area (Å²) in [7, 11) is 0. The number of amides is 1. The first kappa shape index (κ1) is 13.8. The molecule has 1 aliphatic rings. The van der Waals surface area contributed by atoms with Gasteiger partial charge in [-0.05, 0) is 31.5 Å². The van der Waals surface area contributed by atoms with E-state index in [0.717, 1.165) is 11.4 Å². The number of aliphatic hydroxyl groups excluding tert-OH is 1. The maximum absolute atomic E-state index is 12.7. The topological polar surface area (TPSA) is 71.2 Å². The Hall–Kier alpha value is -2.21. The standard InChI is InChI=1S/C15H18N4O2/c1-11-3-2-4-14(17-11)15(21)18-9-12-5-7-16-19(12)8-6-13(18)10-20/h2-5,7,13,20H,6,8-10H2,1H3/t13-/m1/s1. The third-order valence-corrected chi connectivity index (χ3v) is 3.83. The van der Waals surface area contributed by atoms with Crippen molar-refractivity contribution in [3.8, 4) is 0 Å². The molecule has 0 unspecified atom stereocenters. The lowest BCUT2D eigenvalue weighted by atomic mass is 10.1. The number of carbonyl (C=O) groups excluding carboxylic acids is 1. The summed E-state index contributed by atoms with van der Waals surface area (Å²) in [5.74, 6) is -0.146. The van der Waals surface area contributed by atoms with Crippen molar-refractivity contribution in [1.82, 2.24) is 19.7 Å². The molecule has 6 heteroatoms. The van der Waals surface area contributed by atoms with Gasteiger partial charge in [0.1, 0.15) is 5.69 Å². The second kappa shape index (κ2) is 5.65. The van der Waals surface area contributed by atoms with Crippen LogP contribution in [0.4, 0.5) is 0 Å². The first-order valence-electron chi connectivity index (χ1n) is 7.05. The third kappa shape index (κ3) is 2.67. The Balaban J connectivity index is 1.92. The highest BCUT2D eigenvalue weighted by Gasteiger charge is 2.28. The van der Waals surface area contributed by atoms with Gasteiger partial charge >= 0.3 is 0 Å². The van der Waals surface area contributed by atoms with E-state index in [1.807, 2.05) is 29.8 Å². The van der Waals surface area contributed by atoms with Crippen molar-refractivity contribution < 1.29 is 9.90 Å². The van der Waals surface area contributed by atoms with Crippen LogP contribution in [0, 0.1) is 6.92 Å². The normalized spacial score (nSPS) is 18.2. The molecule has 1 atom stereocenters. The van der Waals surface area contributed by atoms with Crippen molar-refractivity contribution in [2.75, 3.05) is 6.61 Å². The molecule has 2 aromatic rings. The van der Waals surface area contributed by atoms with Crippen LogP contribution in [-0.4, -0.2) is 43.3 Å². The van der Waals surface area contributed by atoms with Gasteiger partial charge < -0.3 is 10.0 Å². The van der Waals surface area contributed by atoms with E-state index in [2.05, 4.69) is 10.1 Å². The molecule has 0 radical (unpaired) electrons. The molecule has 0 fully saturated rings. The number of aryl methyl sites for hydroxylation is 2. The number of pyridine rings is 1. The Bertz CT molecular complexity index is 653. The van der Waals surface area contributed by atoms with E-state index < -0.39 is 0 Å². The summed E-state index contributed by atoms with van der Waals surface area (Å²) in [6, 6.07) is 7.10. The van der Waals surface area contributed by atoms with Crippen LogP contribution in [0.2, 0.25) is 0 Å². The van der Waals surface area contributed by atoms with Crippen LogP contribution in [0.5, 0.6) is 0 Å². The zero-order valence-electron chi connectivity index (χ0n) is 11.9. The predicted molar refractivity (Wildman–Crippen MR) is 76.6 cm³/mol. The number of aliphatic hydroxyl groups is 1. The first-order valence-corrected chi connectivity index (χ1v) is 7.05. The average Bonchev–Trinajstić information content (AvgIpc) is 2.86. The van der Waals surface area contributed by atoms with Crippen molar-refractivity contribution in [3.63, 3.8) is 0 Å². The highest BCUT2D eigenvalue weighted by Crippen LogP contribution is 2.19. The Kier molecular flexibility index (Phi) is 3.70. The van der Waals surface area contributed by atoms with Gasteiger partial charge in [-0.3, -0.25) is 9.48 Å². The smallest absolute Gasteiger partial charge is 0.273 e. The highest BCUT2D eigenvalue weighted by atomic mass is 16.3. The van der Waals surface area contributed by atoms with Crippen LogP contribution < -0.4 is 0 Å². The number of fused-ring (bicyclic) bond motifs is 1. The number of nitrogens with zero attached hydrogens (tertiary/aromatic N) is 4. The van der Waals surface area contributed by atoms with Crippen LogP contribution in [0.3, 0.4) is 0 Å². The predicted octanol–water partition coefficient (Wildman–Crippen LogP) is 0.994. The Morgan fingerprint density at radius 2 is 2.29 bits per heavy atom. The molecule has 2 aromatic heterocycles. The van der Waals surface area contributed by atoms with Crippen LogP contribution in [-0.2, 0) is 13.1 Å². The van der Waals surface area contributed by atoms with Crippen LogP contribution >= 0.6 is 0 Å². The minimum atomic E-state index is -0.207. The molecule has 21 heavy (non-hydrogen) atoms. The second-order valence-electron chi connectivity index (χ2n) is 5.27. The highest BCUT2D eigenvalue weighted by molar-refractivity contribution is 5.92. The monoisotopic (exact) mass is 286 g/mol. The van der Waals surface area contributed by atoms with E-state index in [4.69, 9.17) is 0 Å². The quantitative estimate of drug-likeness (QED) is 0.894. The molecule has 3 heterocycles. The van der Waals surface area contributed by atoms with Gasteiger partial charge in [-0.25, -0.2) is 4.98 Å². The lowest BCUT2D eigenvalue weighted by Crippen LogP contribution is -2.41. The number of aromatic nitrogens is 3. The van der Waals surface area contributed by atoms with E-state index in [0.29, 0.717) is 25.2 Å². The molecule has 3 rings (SSSR count). The fraction of sp³-hybridized carbons (Fsp3) is 0.400. The summed E-state index contributed by atoms with van der Waals surface area (Å²) in [5.41, 5.74) is 2.20. The number of hydrogen-bond acceptors (Lipinski definition) is 4. The van der Waals surface area contributed by atoms with E-state index in [1.54, 1.807) is 17.2 Å². The molecule has 110 valence electrons. The summed E-state index contributed by atoms with van der Waals surface area (Å²) < 4.78 is 1.89. The van der Waals surface area contributed by atoms with E-state index in [-0.39, 0.29) is 18.6 Å². The van der Waals surface area contributed by atoms with Gasteiger partial charge in [0.15, 0.2) is 0 Å². The van der Waals surface area contributed by atoms with Crippen molar-refractivity contribution >= 4 is 5.91 Å². The minimum absolute atomic E-state index is 0.0532. The fourth-order valence-electron chi connectivity index (χ4n) is 2.66. The van der Waals surface area contributed by atoms with Gasteiger partial charge in [0.05, 0.1) is 24.9 Å². The van der Waals surface area contributed by atoms with Crippen LogP contribution in [0.25, 0.3) is 0 Å². The van der Waals surface area contributed by atoms with Gasteiger partial charge in [0.25, 0.3) is 5.91 Å². The molecule has 0 saturated carbocycles. The van der Waals surface area contributed by atoms with Gasteiger partial charge in [-0.2, -0.15) is 5.10 Å². The lowest BCUT2D eigenvalue weighted by Gasteiger charge is -2.28. The van der Waals surface area contributed by atoms with Crippen molar-refractivity contribution in [2.24, 2.45) is 0 Å². The van der Waals surface area contributed by atoms with Crippen LogP contribution in [0.1, 0.15) is 28.3 Å². The lowest BCUT2D eigenvalue weighted by molar-refractivity contribution is 0.0562. The summed E-state index contributed by atoms with van der Waals surface area (Å²) in [6.45, 7) is 2.96. The molecule has 1 N–H and O–H groups in total. The Morgan fingerprint density at radius 1 is 1.43 bits per heavy atom. The Labute approximate surface area is 123 Å². The fourth-order valence-corrected chi connectivity index (χ4v) is 2.66. The molecule has 6 nitrogen and oxygen atoms in total. The molecule has 0 bridgehead atoms. The molecule has 0 aromatic carbocycles. The summed E-state index contributed by atoms with van der Waals surface area (Å²) in [6.07, 6.45) is 2.42. The van der Waals surface area contributed by atoms with E-state index in [1.165, 1.54) is 0 Å². The molecule has 1 amide bonds. The maximum Gasteiger partial charge on any atom is 0.273 e. The largest absolute Gasteiger partial charge is 0.394 e. The van der Waals surface area contributed by atoms with Crippen molar-refractivity contribution in [1.29, 1.82) is 0 Å². The molecule has 0 aliphatic carbocycles. The zero-order chi connectivity index (χ0) is 14.8. The van der Waals surface area contributed by atoms with Gasteiger partial charge in [0.2, 0.25) is 0 Å². The van der Waals surface area contributed by atoms with Crippen LogP contribution in [0.15, 0.2) is 30.5 Å². The average molecular weight is 286 g/mol. The van der Waals surface area contributed by atoms with Gasteiger partial charge in [0, 0.05) is 18.4 Å². The number of carbonyl (C=O) groups is 1. The van der Waals surface area contributed by atoms with E-state index >= 15 is 0 Å². The summed E-state index contributed by atoms with van der Waals surface area (Å²) >= 11 is 0. The maximum atomic E-state index is 12.7. The van der Waals surface area contributed by atoms with Crippen molar-refractivity contribution in [3.05, 3.63) is 47.5 Å². The Morgan fingerprint density at radius 3 is 3.05 bits per heavy atom. The number of rotatable bonds is 2. The van der Waals surface area contributed by atoms with Crippen molar-refractivity contribution in [2.45, 2.75) is 32.5 Å². The summed E-state index contributed by atoms with van der Waals surface area (Å²) in [5, 5.41) is 13.9. The summed E-state index contributed by atoms with van der Waals surface area (Å²) in [4.78, 5) is 18.7. The molecular formula is C15H18N4O2. The second-order valence-corrected chi connectivity index (χ2v) is 5.27. The third-order valence-electron chi connectivity index (χ3n) is 3.83. The minimum Gasteiger partial charge on any atom is -0.394 e.